The predicted molar refractivity (Wildman–Crippen MR) is 135 cm³/mol. The normalized spacial score (nSPS) is 25.2. The largest absolute Gasteiger partial charge is 0.378 e. The van der Waals surface area contributed by atoms with Crippen LogP contribution >= 0.6 is 24.0 Å². The molecule has 1 aliphatic heterocycles. The Morgan fingerprint density at radius 3 is 2.24 bits per heavy atom. The van der Waals surface area contributed by atoms with Crippen molar-refractivity contribution in [3.63, 3.8) is 0 Å². The van der Waals surface area contributed by atoms with E-state index in [1.54, 1.807) is 0 Å². The number of nitrogens with one attached hydrogen (secondary N) is 2. The van der Waals surface area contributed by atoms with E-state index in [9.17, 15) is 0 Å². The number of guanidine groups is 1. The fraction of sp³-hybridized carbons (Fsp3) is 0.955. The summed E-state index contributed by atoms with van der Waals surface area (Å²) in [5, 5.41) is 7.21. The number of hydrogen-bond acceptors (Lipinski definition) is 4. The topological polar surface area (TPSA) is 52.1 Å². The summed E-state index contributed by atoms with van der Waals surface area (Å²) < 4.78 is 6.00. The molecule has 0 aromatic rings. The molecular weight excluding hydrogens is 477 g/mol. The average molecular weight is 524 g/mol. The molecule has 0 spiro atoms. The maximum atomic E-state index is 6.00. The first-order chi connectivity index (χ1) is 13.6. The van der Waals surface area contributed by atoms with Crippen molar-refractivity contribution in [3.8, 4) is 0 Å². The zero-order chi connectivity index (χ0) is 20.4. The highest BCUT2D eigenvalue weighted by Crippen LogP contribution is 2.48. The monoisotopic (exact) mass is 523 g/mol. The van der Waals surface area contributed by atoms with Gasteiger partial charge in [-0.3, -0.25) is 4.99 Å². The number of nitrogens with zero attached hydrogens (tertiary/aromatic N) is 3. The fourth-order valence-electron chi connectivity index (χ4n) is 4.94. The molecule has 29 heavy (non-hydrogen) atoms. The second kappa shape index (κ2) is 14.0. The van der Waals surface area contributed by atoms with Crippen LogP contribution in [0.2, 0.25) is 0 Å². The van der Waals surface area contributed by atoms with E-state index in [0.29, 0.717) is 12.1 Å². The van der Waals surface area contributed by atoms with Crippen LogP contribution in [-0.2, 0) is 4.74 Å². The third kappa shape index (κ3) is 7.21. The van der Waals surface area contributed by atoms with Gasteiger partial charge in [0.1, 0.15) is 0 Å². The van der Waals surface area contributed by atoms with Gasteiger partial charge in [-0.05, 0) is 52.1 Å². The molecule has 0 radical (unpaired) electrons. The molecule has 2 rings (SSSR count). The average Bonchev–Trinajstić information content (AvgIpc) is 2.72. The minimum Gasteiger partial charge on any atom is -0.378 e. The smallest absolute Gasteiger partial charge is 0.191 e. The van der Waals surface area contributed by atoms with Crippen LogP contribution < -0.4 is 10.6 Å². The van der Waals surface area contributed by atoms with Gasteiger partial charge in [0, 0.05) is 57.8 Å². The molecule has 2 N–H and O–H groups in total. The molecule has 2 atom stereocenters. The van der Waals surface area contributed by atoms with Gasteiger partial charge in [0.05, 0.1) is 6.10 Å². The molecular formula is C22H46IN5O. The van der Waals surface area contributed by atoms with Gasteiger partial charge in [-0.1, -0.05) is 20.8 Å². The van der Waals surface area contributed by atoms with Crippen molar-refractivity contribution in [1.82, 2.24) is 20.4 Å². The van der Waals surface area contributed by atoms with Crippen LogP contribution in [0.3, 0.4) is 0 Å². The molecule has 0 aromatic carbocycles. The number of piperazine rings is 1. The van der Waals surface area contributed by atoms with E-state index < -0.39 is 0 Å². The van der Waals surface area contributed by atoms with Crippen molar-refractivity contribution in [2.75, 3.05) is 59.5 Å². The lowest BCUT2D eigenvalue weighted by Gasteiger charge is -2.55. The summed E-state index contributed by atoms with van der Waals surface area (Å²) in [5.74, 6) is 0.947. The Morgan fingerprint density at radius 1 is 1.03 bits per heavy atom. The maximum Gasteiger partial charge on any atom is 0.191 e. The number of aliphatic imine (C=N–C) groups is 1. The van der Waals surface area contributed by atoms with Crippen molar-refractivity contribution in [1.29, 1.82) is 0 Å². The van der Waals surface area contributed by atoms with Gasteiger partial charge in [-0.2, -0.15) is 0 Å². The number of unbranched alkanes of at least 4 members (excludes halogenated alkanes) is 1. The van der Waals surface area contributed by atoms with Gasteiger partial charge in [0.2, 0.25) is 0 Å². The highest BCUT2D eigenvalue weighted by molar-refractivity contribution is 14.0. The Bertz CT molecular complexity index is 464. The quantitative estimate of drug-likeness (QED) is 0.189. The maximum absolute atomic E-state index is 6.00. The van der Waals surface area contributed by atoms with E-state index >= 15 is 0 Å². The Hall–Kier alpha value is -0.120. The van der Waals surface area contributed by atoms with Crippen LogP contribution in [0.4, 0.5) is 0 Å². The molecule has 172 valence electrons. The highest BCUT2D eigenvalue weighted by atomic mass is 127. The van der Waals surface area contributed by atoms with E-state index in [-0.39, 0.29) is 29.4 Å². The van der Waals surface area contributed by atoms with Gasteiger partial charge in [0.25, 0.3) is 0 Å². The fourth-order valence-corrected chi connectivity index (χ4v) is 4.94. The first-order valence-electron chi connectivity index (χ1n) is 11.7. The summed E-state index contributed by atoms with van der Waals surface area (Å²) in [6.45, 7) is 18.0. The molecule has 1 saturated heterocycles. The third-order valence-electron chi connectivity index (χ3n) is 7.11. The Kier molecular flexibility index (Phi) is 13.0. The first-order valence-corrected chi connectivity index (χ1v) is 11.7. The summed E-state index contributed by atoms with van der Waals surface area (Å²) in [4.78, 5) is 9.61. The minimum absolute atomic E-state index is 0. The van der Waals surface area contributed by atoms with Crippen LogP contribution in [0.25, 0.3) is 0 Å². The molecule has 2 aliphatic rings. The van der Waals surface area contributed by atoms with Gasteiger partial charge < -0.3 is 25.2 Å². The van der Waals surface area contributed by atoms with E-state index in [1.165, 1.54) is 52.1 Å². The third-order valence-corrected chi connectivity index (χ3v) is 7.11. The standard InChI is InChI=1S/C22H45N5O.HI/c1-6-22(7-2)19(18-20(22)28-9-4)25-21(23-5)24-12-10-11-13-27-16-14-26(8-3)15-17-27;/h19-20H,6-18H2,1-5H3,(H2,23,24,25);1H. The van der Waals surface area contributed by atoms with Crippen molar-refractivity contribution in [3.05, 3.63) is 0 Å². The predicted octanol–water partition coefficient (Wildman–Crippen LogP) is 3.17. The van der Waals surface area contributed by atoms with Gasteiger partial charge in [-0.15, -0.1) is 24.0 Å². The number of likely N-dealkylation sites (N-methyl/N-ethyl adjacent to an activating group) is 1. The zero-order valence-electron chi connectivity index (χ0n) is 19.5. The molecule has 7 heteroatoms. The molecule has 2 unspecified atom stereocenters. The summed E-state index contributed by atoms with van der Waals surface area (Å²) >= 11 is 0. The van der Waals surface area contributed by atoms with Crippen LogP contribution in [0, 0.1) is 5.41 Å². The van der Waals surface area contributed by atoms with Crippen LogP contribution in [-0.4, -0.2) is 87.4 Å². The minimum atomic E-state index is 0. The molecule has 0 bridgehead atoms. The van der Waals surface area contributed by atoms with Crippen molar-refractivity contribution in [2.24, 2.45) is 10.4 Å². The van der Waals surface area contributed by atoms with Crippen LogP contribution in [0.1, 0.15) is 59.8 Å². The zero-order valence-corrected chi connectivity index (χ0v) is 21.8. The molecule has 1 saturated carbocycles. The van der Waals surface area contributed by atoms with Gasteiger partial charge in [0.15, 0.2) is 5.96 Å². The van der Waals surface area contributed by atoms with Crippen molar-refractivity contribution >= 4 is 29.9 Å². The van der Waals surface area contributed by atoms with E-state index in [2.05, 4.69) is 53.1 Å². The van der Waals surface area contributed by atoms with E-state index in [0.717, 1.165) is 38.4 Å². The number of hydrogen-bond donors (Lipinski definition) is 2. The lowest BCUT2D eigenvalue weighted by molar-refractivity contribution is -0.133. The van der Waals surface area contributed by atoms with Crippen LogP contribution in [0.15, 0.2) is 4.99 Å². The Balaban J connectivity index is 0.00000420. The Labute approximate surface area is 196 Å². The van der Waals surface area contributed by atoms with Gasteiger partial charge >= 0.3 is 0 Å². The van der Waals surface area contributed by atoms with E-state index in [4.69, 9.17) is 4.74 Å². The number of halogens is 1. The lowest BCUT2D eigenvalue weighted by atomic mass is 9.58. The summed E-state index contributed by atoms with van der Waals surface area (Å²) in [5.41, 5.74) is 0.244. The second-order valence-electron chi connectivity index (χ2n) is 8.30. The van der Waals surface area contributed by atoms with Crippen molar-refractivity contribution < 1.29 is 4.74 Å². The summed E-state index contributed by atoms with van der Waals surface area (Å²) in [6, 6.07) is 0.458. The highest BCUT2D eigenvalue weighted by Gasteiger charge is 2.53. The summed E-state index contributed by atoms with van der Waals surface area (Å²) in [7, 11) is 1.88. The molecule has 6 nitrogen and oxygen atoms in total. The van der Waals surface area contributed by atoms with Gasteiger partial charge in [-0.25, -0.2) is 0 Å². The molecule has 1 heterocycles. The molecule has 2 fully saturated rings. The molecule has 0 amide bonds. The number of rotatable bonds is 11. The number of ether oxygens (including phenoxy) is 1. The SMILES string of the molecule is CCOC1CC(NC(=NC)NCCCCN2CCN(CC)CC2)C1(CC)CC.I. The first kappa shape index (κ1) is 26.9. The Morgan fingerprint density at radius 2 is 1.69 bits per heavy atom. The van der Waals surface area contributed by atoms with E-state index in [1.807, 2.05) is 7.05 Å². The molecule has 1 aliphatic carbocycles. The lowest BCUT2D eigenvalue weighted by Crippen LogP contribution is -2.65. The van der Waals surface area contributed by atoms with Crippen LogP contribution in [0.5, 0.6) is 0 Å². The molecule has 0 aromatic heterocycles. The summed E-state index contributed by atoms with van der Waals surface area (Å²) in [6.07, 6.45) is 6.20. The second-order valence-corrected chi connectivity index (χ2v) is 8.30. The van der Waals surface area contributed by atoms with Crippen molar-refractivity contribution in [2.45, 2.75) is 71.9 Å².